The zero-order chi connectivity index (χ0) is 20.5. The van der Waals surface area contributed by atoms with E-state index < -0.39 is 35.3 Å². The fraction of sp³-hybridized carbons (Fsp3) is 0.368. The van der Waals surface area contributed by atoms with Gasteiger partial charge in [-0.1, -0.05) is 12.1 Å². The molecule has 1 N–H and O–H groups in total. The average molecular weight is 405 g/mol. The maximum Gasteiger partial charge on any atom is 0.416 e. The molecule has 1 heterocycles. The van der Waals surface area contributed by atoms with Crippen molar-refractivity contribution < 1.29 is 36.2 Å². The zero-order valence-corrected chi connectivity index (χ0v) is 14.5. The Bertz CT molecular complexity index is 802. The Morgan fingerprint density at radius 3 is 2.11 bits per heavy atom. The van der Waals surface area contributed by atoms with Crippen molar-refractivity contribution in [3.8, 4) is 11.5 Å². The largest absolute Gasteiger partial charge is 0.457 e. The lowest BCUT2D eigenvalue weighted by Crippen LogP contribution is -2.21. The standard InChI is InChI=1S/C19H17F6NO2/c20-18(21,22)13-7-14(19(23,24)25)9-17(8-13)28-16-3-1-2-12(6-16)10-26-5-4-15(27)11-26/h1-3,6-9,15,27H,4-5,10-11H2/t15-/m1/s1. The van der Waals surface area contributed by atoms with E-state index in [-0.39, 0.29) is 11.8 Å². The third kappa shape index (κ3) is 5.17. The predicted molar refractivity (Wildman–Crippen MR) is 88.9 cm³/mol. The lowest BCUT2D eigenvalue weighted by atomic mass is 10.1. The van der Waals surface area contributed by atoms with Gasteiger partial charge in [0, 0.05) is 19.6 Å². The molecule has 28 heavy (non-hydrogen) atoms. The summed E-state index contributed by atoms with van der Waals surface area (Å²) < 4.78 is 83.0. The van der Waals surface area contributed by atoms with E-state index >= 15 is 0 Å². The number of ether oxygens (including phenoxy) is 1. The molecule has 0 aliphatic carbocycles. The van der Waals surface area contributed by atoms with E-state index in [9.17, 15) is 31.4 Å². The first-order chi connectivity index (χ1) is 13.0. The number of halogens is 6. The van der Waals surface area contributed by atoms with Gasteiger partial charge in [-0.3, -0.25) is 4.90 Å². The molecule has 1 fully saturated rings. The number of aliphatic hydroxyl groups is 1. The van der Waals surface area contributed by atoms with Crippen molar-refractivity contribution in [1.82, 2.24) is 4.90 Å². The van der Waals surface area contributed by atoms with Crippen LogP contribution in [-0.2, 0) is 18.9 Å². The van der Waals surface area contributed by atoms with Crippen molar-refractivity contribution in [3.63, 3.8) is 0 Å². The van der Waals surface area contributed by atoms with E-state index in [1.807, 2.05) is 4.90 Å². The molecular weight excluding hydrogens is 388 g/mol. The normalized spacial score (nSPS) is 18.5. The number of likely N-dealkylation sites (tertiary alicyclic amines) is 1. The number of hydrogen-bond acceptors (Lipinski definition) is 3. The van der Waals surface area contributed by atoms with Crippen LogP contribution in [0.25, 0.3) is 0 Å². The number of benzene rings is 2. The summed E-state index contributed by atoms with van der Waals surface area (Å²) in [5.74, 6) is -0.416. The van der Waals surface area contributed by atoms with Crippen LogP contribution in [0.15, 0.2) is 42.5 Å². The molecule has 0 bridgehead atoms. The van der Waals surface area contributed by atoms with Gasteiger partial charge in [-0.15, -0.1) is 0 Å². The minimum atomic E-state index is -4.93. The summed E-state index contributed by atoms with van der Waals surface area (Å²) in [4.78, 5) is 2.00. The van der Waals surface area contributed by atoms with E-state index in [2.05, 4.69) is 0 Å². The van der Waals surface area contributed by atoms with Crippen LogP contribution < -0.4 is 4.74 Å². The minimum Gasteiger partial charge on any atom is -0.457 e. The van der Waals surface area contributed by atoms with Gasteiger partial charge in [0.2, 0.25) is 0 Å². The topological polar surface area (TPSA) is 32.7 Å². The highest BCUT2D eigenvalue weighted by atomic mass is 19.4. The summed E-state index contributed by atoms with van der Waals surface area (Å²) in [7, 11) is 0. The quantitative estimate of drug-likeness (QED) is 0.720. The van der Waals surface area contributed by atoms with Gasteiger partial charge in [0.1, 0.15) is 11.5 Å². The molecule has 0 aromatic heterocycles. The second-order valence-electron chi connectivity index (χ2n) is 6.67. The number of β-amino-alcohol motifs (C(OH)–C–C–N with tert-alkyl or cyclic N) is 1. The number of alkyl halides is 6. The smallest absolute Gasteiger partial charge is 0.416 e. The van der Waals surface area contributed by atoms with Gasteiger partial charge in [0.25, 0.3) is 0 Å². The molecule has 0 unspecified atom stereocenters. The third-order valence-corrected chi connectivity index (χ3v) is 4.35. The lowest BCUT2D eigenvalue weighted by Gasteiger charge is -2.17. The fourth-order valence-electron chi connectivity index (χ4n) is 3.04. The molecule has 0 amide bonds. The van der Waals surface area contributed by atoms with Crippen LogP contribution in [0, 0.1) is 0 Å². The van der Waals surface area contributed by atoms with Gasteiger partial charge < -0.3 is 9.84 Å². The summed E-state index contributed by atoms with van der Waals surface area (Å²) in [5, 5.41) is 9.56. The number of nitrogens with zero attached hydrogens (tertiary/aromatic N) is 1. The number of aliphatic hydroxyl groups excluding tert-OH is 1. The third-order valence-electron chi connectivity index (χ3n) is 4.35. The summed E-state index contributed by atoms with van der Waals surface area (Å²) in [6.45, 7) is 1.70. The molecule has 0 spiro atoms. The van der Waals surface area contributed by atoms with E-state index in [1.54, 1.807) is 18.2 Å². The van der Waals surface area contributed by atoms with E-state index in [4.69, 9.17) is 4.74 Å². The van der Waals surface area contributed by atoms with Crippen LogP contribution in [0.2, 0.25) is 0 Å². The average Bonchev–Trinajstić information content (AvgIpc) is 2.98. The second-order valence-corrected chi connectivity index (χ2v) is 6.67. The molecule has 1 atom stereocenters. The van der Waals surface area contributed by atoms with Crippen LogP contribution in [0.1, 0.15) is 23.1 Å². The monoisotopic (exact) mass is 405 g/mol. The number of rotatable bonds is 4. The van der Waals surface area contributed by atoms with E-state index in [1.165, 1.54) is 6.07 Å². The molecule has 9 heteroatoms. The Labute approximate surface area is 157 Å². The van der Waals surface area contributed by atoms with Gasteiger partial charge in [-0.2, -0.15) is 26.3 Å². The molecule has 1 aliphatic heterocycles. The fourth-order valence-corrected chi connectivity index (χ4v) is 3.04. The maximum atomic E-state index is 12.9. The first-order valence-electron chi connectivity index (χ1n) is 8.47. The summed E-state index contributed by atoms with van der Waals surface area (Å²) >= 11 is 0. The Balaban J connectivity index is 1.84. The highest BCUT2D eigenvalue weighted by Gasteiger charge is 2.37. The Morgan fingerprint density at radius 1 is 0.929 bits per heavy atom. The summed E-state index contributed by atoms with van der Waals surface area (Å²) in [6.07, 6.45) is -9.61. The second kappa shape index (κ2) is 7.63. The van der Waals surface area contributed by atoms with Crippen molar-refractivity contribution in [1.29, 1.82) is 0 Å². The van der Waals surface area contributed by atoms with Gasteiger partial charge >= 0.3 is 12.4 Å². The highest BCUT2D eigenvalue weighted by molar-refractivity contribution is 5.41. The van der Waals surface area contributed by atoms with Crippen LogP contribution in [0.4, 0.5) is 26.3 Å². The van der Waals surface area contributed by atoms with Crippen LogP contribution in [0.3, 0.4) is 0 Å². The highest BCUT2D eigenvalue weighted by Crippen LogP contribution is 2.39. The van der Waals surface area contributed by atoms with Gasteiger partial charge in [0.05, 0.1) is 17.2 Å². The molecule has 0 radical (unpaired) electrons. The Hall–Kier alpha value is -2.26. The van der Waals surface area contributed by atoms with Crippen molar-refractivity contribution in [2.75, 3.05) is 13.1 Å². The molecular formula is C19H17F6NO2. The van der Waals surface area contributed by atoms with E-state index in [0.717, 1.165) is 5.56 Å². The maximum absolute atomic E-state index is 12.9. The number of hydrogen-bond donors (Lipinski definition) is 1. The van der Waals surface area contributed by atoms with Gasteiger partial charge in [0.15, 0.2) is 0 Å². The minimum absolute atomic E-state index is 0.0575. The SMILES string of the molecule is O[C@@H]1CCN(Cc2cccc(Oc3cc(C(F)(F)F)cc(C(F)(F)F)c3)c2)C1. The molecule has 3 nitrogen and oxygen atoms in total. The van der Waals surface area contributed by atoms with Crippen molar-refractivity contribution in [2.24, 2.45) is 0 Å². The predicted octanol–water partition coefficient (Wildman–Crippen LogP) is 5.08. The van der Waals surface area contributed by atoms with Crippen LogP contribution >= 0.6 is 0 Å². The molecule has 1 saturated heterocycles. The first kappa shape index (κ1) is 20.5. The molecule has 152 valence electrons. The molecule has 1 aliphatic rings. The van der Waals surface area contributed by atoms with Crippen LogP contribution in [0.5, 0.6) is 11.5 Å². The summed E-state index contributed by atoms with van der Waals surface area (Å²) in [5.41, 5.74) is -2.09. The summed E-state index contributed by atoms with van der Waals surface area (Å²) in [6, 6.07) is 7.52. The van der Waals surface area contributed by atoms with Crippen LogP contribution in [-0.4, -0.2) is 29.2 Å². The Morgan fingerprint density at radius 2 is 1.57 bits per heavy atom. The molecule has 3 rings (SSSR count). The molecule has 0 saturated carbocycles. The molecule has 2 aromatic rings. The van der Waals surface area contributed by atoms with Crippen molar-refractivity contribution in [2.45, 2.75) is 31.4 Å². The van der Waals surface area contributed by atoms with Crippen molar-refractivity contribution >= 4 is 0 Å². The zero-order valence-electron chi connectivity index (χ0n) is 14.5. The molecule has 2 aromatic carbocycles. The van der Waals surface area contributed by atoms with Crippen molar-refractivity contribution in [3.05, 3.63) is 59.2 Å². The lowest BCUT2D eigenvalue weighted by molar-refractivity contribution is -0.143. The van der Waals surface area contributed by atoms with E-state index in [0.29, 0.717) is 38.2 Å². The van der Waals surface area contributed by atoms with Gasteiger partial charge in [-0.05, 0) is 42.3 Å². The Kier molecular flexibility index (Phi) is 5.58. The van der Waals surface area contributed by atoms with Gasteiger partial charge in [-0.25, -0.2) is 0 Å². The first-order valence-corrected chi connectivity index (χ1v) is 8.47.